The molecule has 178 valence electrons. The maximum atomic E-state index is 12.8. The predicted octanol–water partition coefficient (Wildman–Crippen LogP) is 5.06. The molecule has 0 aromatic heterocycles. The van der Waals surface area contributed by atoms with E-state index in [2.05, 4.69) is 26.2 Å². The number of aliphatic hydroxyl groups is 1. The Hall–Kier alpha value is -1.69. The Morgan fingerprint density at radius 2 is 1.91 bits per heavy atom. The second-order valence-electron chi connectivity index (χ2n) is 9.87. The van der Waals surface area contributed by atoms with E-state index in [1.165, 1.54) is 0 Å². The summed E-state index contributed by atoms with van der Waals surface area (Å²) in [5.41, 5.74) is 3.00. The number of carbonyl (C=O) groups excluding carboxylic acids is 1. The number of allylic oxidation sites excluding steroid dienone is 3. The van der Waals surface area contributed by atoms with Crippen LogP contribution in [0.3, 0.4) is 0 Å². The van der Waals surface area contributed by atoms with Gasteiger partial charge in [0.1, 0.15) is 18.3 Å². The van der Waals surface area contributed by atoms with Crippen LogP contribution < -0.4 is 0 Å². The van der Waals surface area contributed by atoms with Crippen LogP contribution in [0.5, 0.6) is 0 Å². The molecular weight excluding hydrogens is 404 g/mol. The van der Waals surface area contributed by atoms with Gasteiger partial charge in [0.15, 0.2) is 0 Å². The Morgan fingerprint density at radius 1 is 1.16 bits per heavy atom. The fourth-order valence-corrected chi connectivity index (χ4v) is 4.88. The Labute approximate surface area is 193 Å². The van der Waals surface area contributed by atoms with Crippen LogP contribution in [0, 0.1) is 11.8 Å². The molecule has 1 N–H and O–H groups in total. The van der Waals surface area contributed by atoms with E-state index >= 15 is 0 Å². The van der Waals surface area contributed by atoms with Crippen molar-refractivity contribution in [3.05, 3.63) is 48.1 Å². The molecule has 8 atom stereocenters. The average Bonchev–Trinajstić information content (AvgIpc) is 3.45. The first-order valence-electron chi connectivity index (χ1n) is 12.0. The van der Waals surface area contributed by atoms with E-state index in [1.54, 1.807) is 0 Å². The highest BCUT2D eigenvalue weighted by atomic mass is 16.6. The summed E-state index contributed by atoms with van der Waals surface area (Å²) in [7, 11) is 0. The molecule has 3 rings (SSSR count). The van der Waals surface area contributed by atoms with E-state index in [4.69, 9.17) is 14.2 Å². The Balaban J connectivity index is 1.77. The molecule has 2 fully saturated rings. The molecule has 2 bridgehead atoms. The topological polar surface area (TPSA) is 68.3 Å². The second-order valence-corrected chi connectivity index (χ2v) is 9.87. The SMILES string of the molecule is C=C1C[C@H](O)[C@@H]2O[C@@H]2[C@@H]2CC(=C)[C@H](CCC(C/C=C/C)OC(=O)C(C)CC(C)/C=C/1C)O2. The number of hydrogen-bond donors (Lipinski definition) is 1. The van der Waals surface area contributed by atoms with Crippen LogP contribution in [0.2, 0.25) is 0 Å². The quantitative estimate of drug-likeness (QED) is 0.366. The lowest BCUT2D eigenvalue weighted by Gasteiger charge is -2.22. The molecule has 2 saturated heterocycles. The van der Waals surface area contributed by atoms with Gasteiger partial charge in [0.2, 0.25) is 0 Å². The molecule has 0 aromatic rings. The van der Waals surface area contributed by atoms with Crippen LogP contribution in [0.25, 0.3) is 0 Å². The van der Waals surface area contributed by atoms with Crippen molar-refractivity contribution in [2.75, 3.05) is 0 Å². The molecule has 3 unspecified atom stereocenters. The number of epoxide rings is 1. The van der Waals surface area contributed by atoms with Gasteiger partial charge in [-0.25, -0.2) is 0 Å². The lowest BCUT2D eigenvalue weighted by Crippen LogP contribution is -2.26. The third-order valence-corrected chi connectivity index (χ3v) is 6.91. The lowest BCUT2D eigenvalue weighted by molar-refractivity contribution is -0.154. The fourth-order valence-electron chi connectivity index (χ4n) is 4.88. The van der Waals surface area contributed by atoms with E-state index in [0.29, 0.717) is 19.3 Å². The molecule has 0 amide bonds. The van der Waals surface area contributed by atoms with Crippen LogP contribution in [0.1, 0.15) is 66.2 Å². The van der Waals surface area contributed by atoms with Gasteiger partial charge in [-0.15, -0.1) is 0 Å². The standard InChI is InChI=1S/C27H40O5/c1-7-8-9-21-10-11-23-19(5)15-24(31-23)26-25(32-26)22(28)14-18(4)17(3)12-16(2)13-20(6)27(29)30-21/h7-8,12,16,20-26,28H,4-5,9-11,13-15H2,1-3,6H3/b8-7+,17-12+/t16?,20?,21?,22-,23-,24-,25-,26+/m0/s1. The summed E-state index contributed by atoms with van der Waals surface area (Å²) in [6.45, 7) is 16.4. The summed E-state index contributed by atoms with van der Waals surface area (Å²) < 4.78 is 18.0. The number of rotatable bonds is 2. The van der Waals surface area contributed by atoms with Crippen LogP contribution in [0.15, 0.2) is 48.1 Å². The zero-order chi connectivity index (χ0) is 23.4. The van der Waals surface area contributed by atoms with Crippen LogP contribution in [0.4, 0.5) is 0 Å². The number of hydrogen-bond acceptors (Lipinski definition) is 5. The van der Waals surface area contributed by atoms with E-state index in [0.717, 1.165) is 36.0 Å². The third-order valence-electron chi connectivity index (χ3n) is 6.91. The van der Waals surface area contributed by atoms with Gasteiger partial charge in [-0.1, -0.05) is 50.8 Å². The number of fused-ring (bicyclic) bond motifs is 4. The second kappa shape index (κ2) is 11.0. The molecule has 3 aliphatic rings. The summed E-state index contributed by atoms with van der Waals surface area (Å²) in [6.07, 6.45) is 9.06. The Kier molecular flexibility index (Phi) is 8.54. The lowest BCUT2D eigenvalue weighted by atomic mass is 9.92. The first kappa shape index (κ1) is 24.9. The van der Waals surface area contributed by atoms with E-state index in [1.807, 2.05) is 32.9 Å². The minimum atomic E-state index is -0.597. The largest absolute Gasteiger partial charge is 0.462 e. The summed E-state index contributed by atoms with van der Waals surface area (Å²) >= 11 is 0. The van der Waals surface area contributed by atoms with Crippen molar-refractivity contribution in [2.45, 2.75) is 103 Å². The summed E-state index contributed by atoms with van der Waals surface area (Å²) in [5.74, 6) is -0.134. The summed E-state index contributed by atoms with van der Waals surface area (Å²) in [4.78, 5) is 12.8. The van der Waals surface area contributed by atoms with Crippen LogP contribution in [-0.4, -0.2) is 47.7 Å². The molecular formula is C27H40O5. The molecule has 3 aliphatic heterocycles. The first-order chi connectivity index (χ1) is 15.2. The van der Waals surface area contributed by atoms with E-state index < -0.39 is 6.10 Å². The first-order valence-corrected chi connectivity index (χ1v) is 12.0. The third kappa shape index (κ3) is 6.43. The zero-order valence-corrected chi connectivity index (χ0v) is 20.1. The maximum absolute atomic E-state index is 12.8. The van der Waals surface area contributed by atoms with Gasteiger partial charge in [0, 0.05) is 12.8 Å². The van der Waals surface area contributed by atoms with Gasteiger partial charge in [0.25, 0.3) is 0 Å². The van der Waals surface area contributed by atoms with Crippen molar-refractivity contribution in [3.63, 3.8) is 0 Å². The van der Waals surface area contributed by atoms with Gasteiger partial charge in [0.05, 0.1) is 24.2 Å². The smallest absolute Gasteiger partial charge is 0.308 e. The number of carbonyl (C=O) groups is 1. The van der Waals surface area contributed by atoms with Gasteiger partial charge in [-0.05, 0) is 56.6 Å². The van der Waals surface area contributed by atoms with Crippen LogP contribution in [-0.2, 0) is 19.0 Å². The van der Waals surface area contributed by atoms with Crippen molar-refractivity contribution in [1.29, 1.82) is 0 Å². The maximum Gasteiger partial charge on any atom is 0.308 e. The highest BCUT2D eigenvalue weighted by Crippen LogP contribution is 2.40. The van der Waals surface area contributed by atoms with Gasteiger partial charge in [-0.3, -0.25) is 4.79 Å². The van der Waals surface area contributed by atoms with Gasteiger partial charge in [-0.2, -0.15) is 0 Å². The highest BCUT2D eigenvalue weighted by molar-refractivity contribution is 5.72. The van der Waals surface area contributed by atoms with Gasteiger partial charge < -0.3 is 19.3 Å². The molecule has 32 heavy (non-hydrogen) atoms. The normalized spacial score (nSPS) is 41.4. The number of esters is 1. The van der Waals surface area contributed by atoms with E-state index in [-0.39, 0.29) is 48.3 Å². The zero-order valence-electron chi connectivity index (χ0n) is 20.1. The van der Waals surface area contributed by atoms with Crippen molar-refractivity contribution in [3.8, 4) is 0 Å². The van der Waals surface area contributed by atoms with Crippen LogP contribution >= 0.6 is 0 Å². The molecule has 3 heterocycles. The minimum absolute atomic E-state index is 0.0646. The Morgan fingerprint density at radius 3 is 2.62 bits per heavy atom. The van der Waals surface area contributed by atoms with Crippen molar-refractivity contribution in [2.24, 2.45) is 11.8 Å². The number of cyclic esters (lactones) is 1. The highest BCUT2D eigenvalue weighted by Gasteiger charge is 2.52. The van der Waals surface area contributed by atoms with Crippen molar-refractivity contribution >= 4 is 5.97 Å². The van der Waals surface area contributed by atoms with Gasteiger partial charge >= 0.3 is 5.97 Å². The van der Waals surface area contributed by atoms with Crippen molar-refractivity contribution in [1.82, 2.24) is 0 Å². The molecule has 0 radical (unpaired) electrons. The molecule has 0 saturated carbocycles. The molecule has 0 spiro atoms. The predicted molar refractivity (Wildman–Crippen MR) is 126 cm³/mol. The minimum Gasteiger partial charge on any atom is -0.462 e. The Bertz CT molecular complexity index is 766. The molecule has 0 aliphatic carbocycles. The van der Waals surface area contributed by atoms with E-state index in [9.17, 15) is 9.90 Å². The molecule has 5 nitrogen and oxygen atoms in total. The average molecular weight is 445 g/mol. The summed E-state index contributed by atoms with van der Waals surface area (Å²) in [6, 6.07) is 0. The molecule has 5 heteroatoms. The monoisotopic (exact) mass is 444 g/mol. The summed E-state index contributed by atoms with van der Waals surface area (Å²) in [5, 5.41) is 10.7. The number of aliphatic hydroxyl groups excluding tert-OH is 1. The van der Waals surface area contributed by atoms with Crippen molar-refractivity contribution < 1.29 is 24.1 Å². The fraction of sp³-hybridized carbons (Fsp3) is 0.667. The number of ether oxygens (including phenoxy) is 3. The molecule has 0 aromatic carbocycles.